The molecule has 1 aromatic carbocycles. The van der Waals surface area contributed by atoms with Gasteiger partial charge in [-0.1, -0.05) is 24.3 Å². The van der Waals surface area contributed by atoms with Crippen LogP contribution in [0, 0.1) is 10.1 Å². The Morgan fingerprint density at radius 1 is 1.39 bits per heavy atom. The van der Waals surface area contributed by atoms with Gasteiger partial charge in [0.25, 0.3) is 0 Å². The van der Waals surface area contributed by atoms with E-state index in [0.717, 1.165) is 0 Å². The molecule has 1 unspecified atom stereocenters. The lowest BCUT2D eigenvalue weighted by atomic mass is 9.89. The number of tetrazole rings is 1. The van der Waals surface area contributed by atoms with Gasteiger partial charge in [-0.2, -0.15) is 0 Å². The molecular formula is C14H11N5O4. The molecule has 9 heteroatoms. The molecule has 0 bridgehead atoms. The first-order valence-corrected chi connectivity index (χ1v) is 6.67. The van der Waals surface area contributed by atoms with Crippen molar-refractivity contribution in [2.24, 2.45) is 0 Å². The van der Waals surface area contributed by atoms with Gasteiger partial charge in [-0.05, 0) is 28.1 Å². The Kier molecular flexibility index (Phi) is 3.67. The highest BCUT2D eigenvalue weighted by Crippen LogP contribution is 2.30. The average Bonchev–Trinajstić information content (AvgIpc) is 3.09. The standard InChI is InChI=1S/C14H11N5O4/c20-14(21)10-4-5-12(13(7-10)19(22)23)9-2-1-3-11(6-9)18-8-15-16-17-18/h1-6,8,13H,7H2,(H,20,21). The number of hydrogen-bond acceptors (Lipinski definition) is 6. The Morgan fingerprint density at radius 2 is 2.22 bits per heavy atom. The highest BCUT2D eigenvalue weighted by molar-refractivity contribution is 5.89. The number of allylic oxidation sites excluding steroid dienone is 2. The zero-order valence-corrected chi connectivity index (χ0v) is 11.7. The Morgan fingerprint density at radius 3 is 2.87 bits per heavy atom. The second kappa shape index (κ2) is 5.79. The van der Waals surface area contributed by atoms with Gasteiger partial charge in [0.1, 0.15) is 6.33 Å². The number of aromatic nitrogens is 4. The van der Waals surface area contributed by atoms with Gasteiger partial charge in [0, 0.05) is 16.1 Å². The zero-order chi connectivity index (χ0) is 16.4. The van der Waals surface area contributed by atoms with Crippen LogP contribution in [-0.2, 0) is 4.79 Å². The molecular weight excluding hydrogens is 302 g/mol. The summed E-state index contributed by atoms with van der Waals surface area (Å²) in [4.78, 5) is 21.9. The van der Waals surface area contributed by atoms with Crippen molar-refractivity contribution < 1.29 is 14.8 Å². The molecule has 1 heterocycles. The molecule has 0 fully saturated rings. The molecule has 1 aromatic heterocycles. The lowest BCUT2D eigenvalue weighted by molar-refractivity contribution is -0.505. The number of carbonyl (C=O) groups is 1. The third-order valence-corrected chi connectivity index (χ3v) is 3.56. The lowest BCUT2D eigenvalue weighted by Gasteiger charge is -2.18. The van der Waals surface area contributed by atoms with Gasteiger partial charge in [-0.3, -0.25) is 10.1 Å². The number of carboxylic acids is 1. The third-order valence-electron chi connectivity index (χ3n) is 3.56. The van der Waals surface area contributed by atoms with E-state index in [4.69, 9.17) is 5.11 Å². The fourth-order valence-electron chi connectivity index (χ4n) is 2.43. The molecule has 2 aromatic rings. The van der Waals surface area contributed by atoms with E-state index in [1.165, 1.54) is 23.2 Å². The Hall–Kier alpha value is -3.36. The molecule has 1 aliphatic rings. The van der Waals surface area contributed by atoms with Crippen LogP contribution >= 0.6 is 0 Å². The van der Waals surface area contributed by atoms with Gasteiger partial charge >= 0.3 is 5.97 Å². The van der Waals surface area contributed by atoms with Crippen LogP contribution in [0.2, 0.25) is 0 Å². The number of nitrogens with zero attached hydrogens (tertiary/aromatic N) is 5. The fourth-order valence-corrected chi connectivity index (χ4v) is 2.43. The van der Waals surface area contributed by atoms with E-state index in [-0.39, 0.29) is 12.0 Å². The van der Waals surface area contributed by atoms with Crippen LogP contribution in [0.1, 0.15) is 12.0 Å². The first kappa shape index (κ1) is 14.6. The number of carboxylic acid groups (broad SMARTS) is 1. The van der Waals surface area contributed by atoms with Crippen LogP contribution in [0.4, 0.5) is 0 Å². The monoisotopic (exact) mass is 313 g/mol. The van der Waals surface area contributed by atoms with Gasteiger partial charge in [0.05, 0.1) is 12.1 Å². The highest BCUT2D eigenvalue weighted by Gasteiger charge is 2.32. The van der Waals surface area contributed by atoms with Crippen molar-refractivity contribution in [1.82, 2.24) is 20.2 Å². The minimum atomic E-state index is -1.14. The van der Waals surface area contributed by atoms with Gasteiger partial charge < -0.3 is 5.11 Å². The van der Waals surface area contributed by atoms with E-state index in [1.807, 2.05) is 0 Å². The van der Waals surface area contributed by atoms with E-state index in [9.17, 15) is 14.9 Å². The fraction of sp³-hybridized carbons (Fsp3) is 0.143. The molecule has 0 radical (unpaired) electrons. The minimum absolute atomic E-state index is 0.0204. The molecule has 3 rings (SSSR count). The summed E-state index contributed by atoms with van der Waals surface area (Å²) in [6.07, 6.45) is 4.16. The number of rotatable bonds is 4. The van der Waals surface area contributed by atoms with Gasteiger partial charge in [0.2, 0.25) is 6.04 Å². The number of hydrogen-bond donors (Lipinski definition) is 1. The van der Waals surface area contributed by atoms with Crippen LogP contribution in [0.3, 0.4) is 0 Å². The Bertz CT molecular complexity index is 825. The summed E-state index contributed by atoms with van der Waals surface area (Å²) in [6.45, 7) is 0. The van der Waals surface area contributed by atoms with E-state index in [0.29, 0.717) is 16.8 Å². The smallest absolute Gasteiger partial charge is 0.331 e. The van der Waals surface area contributed by atoms with Crippen molar-refractivity contribution in [3.63, 3.8) is 0 Å². The summed E-state index contributed by atoms with van der Waals surface area (Å²) in [5.41, 5.74) is 1.76. The molecule has 9 nitrogen and oxygen atoms in total. The second-order valence-electron chi connectivity index (χ2n) is 4.93. The molecule has 0 saturated carbocycles. The van der Waals surface area contributed by atoms with Gasteiger partial charge in [-0.15, -0.1) is 5.10 Å². The van der Waals surface area contributed by atoms with Crippen LogP contribution in [-0.4, -0.2) is 42.2 Å². The second-order valence-corrected chi connectivity index (χ2v) is 4.93. The van der Waals surface area contributed by atoms with Gasteiger partial charge in [-0.25, -0.2) is 9.48 Å². The summed E-state index contributed by atoms with van der Waals surface area (Å²) in [7, 11) is 0. The van der Waals surface area contributed by atoms with Crippen LogP contribution in [0.15, 0.2) is 48.3 Å². The zero-order valence-electron chi connectivity index (χ0n) is 11.7. The first-order valence-electron chi connectivity index (χ1n) is 6.67. The first-order chi connectivity index (χ1) is 11.1. The van der Waals surface area contributed by atoms with E-state index >= 15 is 0 Å². The maximum absolute atomic E-state index is 11.3. The molecule has 1 aliphatic carbocycles. The van der Waals surface area contributed by atoms with Crippen molar-refractivity contribution in [2.45, 2.75) is 12.5 Å². The average molecular weight is 313 g/mol. The van der Waals surface area contributed by atoms with Gasteiger partial charge in [0.15, 0.2) is 0 Å². The quantitative estimate of drug-likeness (QED) is 0.662. The SMILES string of the molecule is O=C(O)C1=CC=C(c2cccc(-n3cnnn3)c2)C([N+](=O)[O-])C1. The van der Waals surface area contributed by atoms with Crippen LogP contribution in [0.25, 0.3) is 11.3 Å². The maximum atomic E-state index is 11.3. The molecule has 0 aliphatic heterocycles. The number of nitro groups is 1. The van der Waals surface area contributed by atoms with E-state index < -0.39 is 16.9 Å². The predicted molar refractivity (Wildman–Crippen MR) is 78.2 cm³/mol. The predicted octanol–water partition coefficient (Wildman–Crippen LogP) is 1.11. The summed E-state index contributed by atoms with van der Waals surface area (Å²) in [6, 6.07) is 5.85. The lowest BCUT2D eigenvalue weighted by Crippen LogP contribution is -2.25. The van der Waals surface area contributed by atoms with E-state index in [2.05, 4.69) is 15.5 Å². The molecule has 0 spiro atoms. The van der Waals surface area contributed by atoms with Crippen molar-refractivity contribution in [2.75, 3.05) is 0 Å². The highest BCUT2D eigenvalue weighted by atomic mass is 16.6. The molecule has 1 atom stereocenters. The van der Waals surface area contributed by atoms with Crippen LogP contribution in [0.5, 0.6) is 0 Å². The van der Waals surface area contributed by atoms with Crippen molar-refractivity contribution in [1.29, 1.82) is 0 Å². The maximum Gasteiger partial charge on any atom is 0.331 e. The van der Waals surface area contributed by atoms with E-state index in [1.54, 1.807) is 24.3 Å². The summed E-state index contributed by atoms with van der Waals surface area (Å²) in [5.74, 6) is -1.14. The largest absolute Gasteiger partial charge is 0.478 e. The molecule has 0 saturated heterocycles. The topological polar surface area (TPSA) is 124 Å². The Balaban J connectivity index is 2.03. The number of aliphatic carboxylic acids is 1. The molecule has 0 amide bonds. The molecule has 116 valence electrons. The van der Waals surface area contributed by atoms with Crippen molar-refractivity contribution >= 4 is 11.5 Å². The number of benzene rings is 1. The molecule has 23 heavy (non-hydrogen) atoms. The third kappa shape index (κ3) is 2.84. The Labute approximate surface area is 129 Å². The van der Waals surface area contributed by atoms with Crippen LogP contribution < -0.4 is 0 Å². The summed E-state index contributed by atoms with van der Waals surface area (Å²) < 4.78 is 1.44. The minimum Gasteiger partial charge on any atom is -0.478 e. The summed E-state index contributed by atoms with van der Waals surface area (Å²) >= 11 is 0. The normalized spacial score (nSPS) is 17.3. The molecule has 1 N–H and O–H groups in total. The van der Waals surface area contributed by atoms with Crippen molar-refractivity contribution in [3.05, 3.63) is 64.0 Å². The summed E-state index contributed by atoms with van der Waals surface area (Å²) in [5, 5.41) is 31.2. The van der Waals surface area contributed by atoms with Crippen molar-refractivity contribution in [3.8, 4) is 5.69 Å².